The van der Waals surface area contributed by atoms with Crippen molar-refractivity contribution in [2.24, 2.45) is 5.92 Å². The van der Waals surface area contributed by atoms with E-state index in [2.05, 4.69) is 51.6 Å². The summed E-state index contributed by atoms with van der Waals surface area (Å²) in [5.74, 6) is 0.839. The van der Waals surface area contributed by atoms with Crippen LogP contribution in [0.2, 0.25) is 0 Å². The summed E-state index contributed by atoms with van der Waals surface area (Å²) in [4.78, 5) is 0. The molecule has 18 heavy (non-hydrogen) atoms. The highest BCUT2D eigenvalue weighted by Crippen LogP contribution is 2.35. The van der Waals surface area contributed by atoms with Gasteiger partial charge in [0.1, 0.15) is 0 Å². The van der Waals surface area contributed by atoms with E-state index >= 15 is 0 Å². The van der Waals surface area contributed by atoms with E-state index in [-0.39, 0.29) is 0 Å². The van der Waals surface area contributed by atoms with E-state index in [1.807, 2.05) is 0 Å². The van der Waals surface area contributed by atoms with E-state index in [1.165, 1.54) is 54.2 Å². The number of rotatable bonds is 3. The van der Waals surface area contributed by atoms with Crippen molar-refractivity contribution in [2.45, 2.75) is 38.1 Å². The molecule has 0 radical (unpaired) electrons. The SMILES string of the molecule is Brc1cccc2c1CCC2NCC1CC=CCC1. The maximum Gasteiger partial charge on any atom is 0.0326 e. The highest BCUT2D eigenvalue weighted by atomic mass is 79.9. The van der Waals surface area contributed by atoms with Crippen LogP contribution in [0.3, 0.4) is 0 Å². The molecule has 0 saturated carbocycles. The Balaban J connectivity index is 1.62. The van der Waals surface area contributed by atoms with Crippen LogP contribution < -0.4 is 5.32 Å². The molecule has 0 heterocycles. The molecule has 2 aliphatic carbocycles. The average molecular weight is 306 g/mol. The van der Waals surface area contributed by atoms with Crippen molar-refractivity contribution >= 4 is 15.9 Å². The lowest BCUT2D eigenvalue weighted by molar-refractivity contribution is 0.404. The van der Waals surface area contributed by atoms with Crippen molar-refractivity contribution < 1.29 is 0 Å². The van der Waals surface area contributed by atoms with Gasteiger partial charge in [-0.15, -0.1) is 0 Å². The van der Waals surface area contributed by atoms with E-state index in [0.717, 1.165) is 5.92 Å². The molecule has 2 unspecified atom stereocenters. The minimum Gasteiger partial charge on any atom is -0.310 e. The van der Waals surface area contributed by atoms with Crippen LogP contribution in [0.15, 0.2) is 34.8 Å². The number of benzene rings is 1. The first-order chi connectivity index (χ1) is 8.84. The van der Waals surface area contributed by atoms with Crippen LogP contribution >= 0.6 is 15.9 Å². The maximum atomic E-state index is 3.78. The minimum atomic E-state index is 0.573. The molecule has 1 aromatic carbocycles. The Morgan fingerprint density at radius 2 is 2.17 bits per heavy atom. The first-order valence-corrected chi connectivity index (χ1v) is 7.79. The molecule has 0 aromatic heterocycles. The molecule has 1 N–H and O–H groups in total. The smallest absolute Gasteiger partial charge is 0.0326 e. The van der Waals surface area contributed by atoms with Gasteiger partial charge in [0, 0.05) is 10.5 Å². The maximum absolute atomic E-state index is 3.78. The lowest BCUT2D eigenvalue weighted by Gasteiger charge is -2.21. The zero-order valence-electron chi connectivity index (χ0n) is 10.7. The Morgan fingerprint density at radius 1 is 1.22 bits per heavy atom. The highest BCUT2D eigenvalue weighted by Gasteiger charge is 2.24. The quantitative estimate of drug-likeness (QED) is 0.817. The number of hydrogen-bond acceptors (Lipinski definition) is 1. The lowest BCUT2D eigenvalue weighted by Crippen LogP contribution is -2.26. The predicted molar refractivity (Wildman–Crippen MR) is 79.7 cm³/mol. The van der Waals surface area contributed by atoms with Gasteiger partial charge in [0.2, 0.25) is 0 Å². The van der Waals surface area contributed by atoms with Crippen molar-refractivity contribution in [3.05, 3.63) is 46.0 Å². The molecule has 96 valence electrons. The largest absolute Gasteiger partial charge is 0.310 e. The molecule has 0 bridgehead atoms. The van der Waals surface area contributed by atoms with Crippen LogP contribution in [-0.4, -0.2) is 6.54 Å². The topological polar surface area (TPSA) is 12.0 Å². The summed E-state index contributed by atoms with van der Waals surface area (Å²) in [5, 5.41) is 3.78. The van der Waals surface area contributed by atoms with Gasteiger partial charge in [-0.05, 0) is 61.8 Å². The van der Waals surface area contributed by atoms with Crippen molar-refractivity contribution in [3.8, 4) is 0 Å². The molecular formula is C16H20BrN. The zero-order valence-corrected chi connectivity index (χ0v) is 12.2. The normalized spacial score (nSPS) is 26.3. The molecule has 2 atom stereocenters. The van der Waals surface area contributed by atoms with E-state index in [4.69, 9.17) is 0 Å². The third-order valence-corrected chi connectivity index (χ3v) is 4.99. The van der Waals surface area contributed by atoms with E-state index < -0.39 is 0 Å². The number of fused-ring (bicyclic) bond motifs is 1. The lowest BCUT2D eigenvalue weighted by atomic mass is 9.94. The zero-order chi connectivity index (χ0) is 12.4. The van der Waals surface area contributed by atoms with Crippen LogP contribution in [0, 0.1) is 5.92 Å². The van der Waals surface area contributed by atoms with Crippen LogP contribution in [0.5, 0.6) is 0 Å². The fourth-order valence-corrected chi connectivity index (χ4v) is 3.75. The van der Waals surface area contributed by atoms with Gasteiger partial charge in [0.15, 0.2) is 0 Å². The average Bonchev–Trinajstić information content (AvgIpc) is 2.82. The number of halogens is 1. The molecule has 3 rings (SSSR count). The number of allylic oxidation sites excluding steroid dienone is 2. The van der Waals surface area contributed by atoms with Crippen LogP contribution in [0.4, 0.5) is 0 Å². The fraction of sp³-hybridized carbons (Fsp3) is 0.500. The monoisotopic (exact) mass is 305 g/mol. The molecule has 0 amide bonds. The third-order valence-electron chi connectivity index (χ3n) is 4.24. The van der Waals surface area contributed by atoms with Gasteiger partial charge in [-0.2, -0.15) is 0 Å². The van der Waals surface area contributed by atoms with Gasteiger partial charge in [-0.3, -0.25) is 0 Å². The summed E-state index contributed by atoms with van der Waals surface area (Å²) in [7, 11) is 0. The van der Waals surface area contributed by atoms with E-state index in [9.17, 15) is 0 Å². The Morgan fingerprint density at radius 3 is 3.00 bits per heavy atom. The highest BCUT2D eigenvalue weighted by molar-refractivity contribution is 9.10. The first-order valence-electron chi connectivity index (χ1n) is 7.00. The summed E-state index contributed by atoms with van der Waals surface area (Å²) < 4.78 is 1.28. The van der Waals surface area contributed by atoms with Gasteiger partial charge in [0.05, 0.1) is 0 Å². The van der Waals surface area contributed by atoms with Gasteiger partial charge in [-0.1, -0.05) is 40.2 Å². The van der Waals surface area contributed by atoms with Crippen molar-refractivity contribution in [2.75, 3.05) is 6.54 Å². The first kappa shape index (κ1) is 12.4. The molecule has 1 aromatic rings. The summed E-state index contributed by atoms with van der Waals surface area (Å²) in [6, 6.07) is 7.17. The minimum absolute atomic E-state index is 0.573. The van der Waals surface area contributed by atoms with E-state index in [1.54, 1.807) is 0 Å². The van der Waals surface area contributed by atoms with Gasteiger partial charge >= 0.3 is 0 Å². The van der Waals surface area contributed by atoms with Crippen molar-refractivity contribution in [3.63, 3.8) is 0 Å². The Kier molecular flexibility index (Phi) is 3.86. The molecule has 2 aliphatic rings. The van der Waals surface area contributed by atoms with Gasteiger partial charge < -0.3 is 5.32 Å². The molecule has 1 nitrogen and oxygen atoms in total. The van der Waals surface area contributed by atoms with Crippen LogP contribution in [-0.2, 0) is 6.42 Å². The molecule has 2 heteroatoms. The summed E-state index contributed by atoms with van der Waals surface area (Å²) in [5.41, 5.74) is 3.02. The second kappa shape index (κ2) is 5.58. The third kappa shape index (κ3) is 2.55. The van der Waals surface area contributed by atoms with Crippen LogP contribution in [0.25, 0.3) is 0 Å². The van der Waals surface area contributed by atoms with Crippen molar-refractivity contribution in [1.29, 1.82) is 0 Å². The van der Waals surface area contributed by atoms with Gasteiger partial charge in [0.25, 0.3) is 0 Å². The summed E-state index contributed by atoms with van der Waals surface area (Å²) >= 11 is 3.67. The predicted octanol–water partition coefficient (Wildman–Crippen LogP) is 4.38. The second-order valence-electron chi connectivity index (χ2n) is 5.46. The van der Waals surface area contributed by atoms with Gasteiger partial charge in [-0.25, -0.2) is 0 Å². The number of nitrogens with one attached hydrogen (secondary N) is 1. The molecule has 0 spiro atoms. The Labute approximate surface area is 118 Å². The number of hydrogen-bond donors (Lipinski definition) is 1. The standard InChI is InChI=1S/C16H20BrN/c17-15-8-4-7-14-13(15)9-10-16(14)18-11-12-5-2-1-3-6-12/h1-2,4,7-8,12,16,18H,3,5-6,9-11H2. The Hall–Kier alpha value is -0.600. The Bertz CT molecular complexity index is 452. The summed E-state index contributed by atoms with van der Waals surface area (Å²) in [6.07, 6.45) is 11.0. The molecule has 0 saturated heterocycles. The van der Waals surface area contributed by atoms with Crippen molar-refractivity contribution in [1.82, 2.24) is 5.32 Å². The fourth-order valence-electron chi connectivity index (χ4n) is 3.17. The molecular weight excluding hydrogens is 286 g/mol. The van der Waals surface area contributed by atoms with E-state index in [0.29, 0.717) is 6.04 Å². The summed E-state index contributed by atoms with van der Waals surface area (Å²) in [6.45, 7) is 1.17. The molecule has 0 aliphatic heterocycles. The van der Waals surface area contributed by atoms with Crippen LogP contribution in [0.1, 0.15) is 42.9 Å². The second-order valence-corrected chi connectivity index (χ2v) is 6.31. The molecule has 0 fully saturated rings.